The lowest BCUT2D eigenvalue weighted by atomic mass is 10.1. The highest BCUT2D eigenvalue weighted by Crippen LogP contribution is 2.55. The predicted octanol–water partition coefficient (Wildman–Crippen LogP) is 4.38. The first-order valence-electron chi connectivity index (χ1n) is 12.3. The highest BCUT2D eigenvalue weighted by atomic mass is 35.5. The number of esters is 2. The number of halogens is 1. The predicted molar refractivity (Wildman–Crippen MR) is 153 cm³/mol. The Kier molecular flexibility index (Phi) is 14.3. The second-order valence-electron chi connectivity index (χ2n) is 10.7. The summed E-state index contributed by atoms with van der Waals surface area (Å²) in [4.78, 5) is 33.7. The third kappa shape index (κ3) is 8.42. The van der Waals surface area contributed by atoms with Crippen LogP contribution in [0.5, 0.6) is 0 Å². The van der Waals surface area contributed by atoms with E-state index in [1.807, 2.05) is 26.8 Å². The zero-order chi connectivity index (χ0) is 26.8. The first-order valence-corrected chi connectivity index (χ1v) is 13.9. The van der Waals surface area contributed by atoms with Crippen LogP contribution in [0.3, 0.4) is 0 Å². The molecule has 0 aliphatic heterocycles. The van der Waals surface area contributed by atoms with E-state index in [2.05, 4.69) is 27.7 Å². The molecule has 224 valence electrons. The van der Waals surface area contributed by atoms with Gasteiger partial charge in [0.1, 0.15) is 0 Å². The largest absolute Gasteiger partial charge is 0.469 e. The topological polar surface area (TPSA) is 142 Å². The molecule has 0 spiro atoms. The van der Waals surface area contributed by atoms with Gasteiger partial charge in [-0.25, -0.2) is 8.42 Å². The number of ether oxygens (including phenoxy) is 2. The summed E-state index contributed by atoms with van der Waals surface area (Å²) in [5.74, 6) is 0.352. The molecule has 4 fully saturated rings. The van der Waals surface area contributed by atoms with Crippen LogP contribution in [0.25, 0.3) is 0 Å². The van der Waals surface area contributed by atoms with Crippen LogP contribution in [0.2, 0.25) is 0 Å². The lowest BCUT2D eigenvalue weighted by Crippen LogP contribution is -2.47. The fourth-order valence-electron chi connectivity index (χ4n) is 4.56. The van der Waals surface area contributed by atoms with E-state index in [1.54, 1.807) is 0 Å². The Morgan fingerprint density at radius 1 is 0.947 bits per heavy atom. The van der Waals surface area contributed by atoms with Gasteiger partial charge >= 0.3 is 11.9 Å². The molecule has 4 saturated carbocycles. The quantitative estimate of drug-likeness (QED) is 0.317. The summed E-state index contributed by atoms with van der Waals surface area (Å²) in [5.41, 5.74) is 4.47. The van der Waals surface area contributed by atoms with Gasteiger partial charge in [-0.2, -0.15) is 0 Å². The second-order valence-corrected chi connectivity index (χ2v) is 12.7. The molecule has 0 aromatic rings. The Morgan fingerprint density at radius 3 is 1.74 bits per heavy atom. The Balaban J connectivity index is 0. The van der Waals surface area contributed by atoms with Crippen LogP contribution in [-0.2, 0) is 33.9 Å². The lowest BCUT2D eigenvalue weighted by molar-refractivity contribution is -0.147. The number of nitrogens with two attached hydrogens (primary N) is 1. The summed E-state index contributed by atoms with van der Waals surface area (Å²) in [6, 6.07) is 0. The maximum Gasteiger partial charge on any atom is 0.312 e. The van der Waals surface area contributed by atoms with Gasteiger partial charge in [0, 0.05) is 0 Å². The van der Waals surface area contributed by atoms with Crippen molar-refractivity contribution >= 4 is 40.3 Å². The second kappa shape index (κ2) is 14.1. The fourth-order valence-corrected chi connectivity index (χ4v) is 5.93. The molecule has 4 rings (SSSR count). The van der Waals surface area contributed by atoms with Crippen molar-refractivity contribution in [3.63, 3.8) is 0 Å². The van der Waals surface area contributed by atoms with E-state index < -0.39 is 21.5 Å². The molecule has 0 aromatic carbocycles. The number of methoxy groups -OCH3 is 2. The van der Waals surface area contributed by atoms with Crippen LogP contribution >= 0.6 is 12.4 Å². The van der Waals surface area contributed by atoms with Crippen molar-refractivity contribution in [1.82, 2.24) is 4.72 Å². The number of nitrogens with one attached hydrogen (secondary N) is 1. The van der Waals surface area contributed by atoms with E-state index in [-0.39, 0.29) is 61.2 Å². The first kappa shape index (κ1) is 38.5. The van der Waals surface area contributed by atoms with Crippen molar-refractivity contribution < 1.29 is 32.3 Å². The third-order valence-electron chi connectivity index (χ3n) is 8.06. The average Bonchev–Trinajstić information content (AvgIpc) is 3.64. The number of carbonyl (C=O) groups excluding carboxylic acids is 3. The monoisotopic (exact) mass is 582 g/mol. The Bertz CT molecular complexity index is 955. The van der Waals surface area contributed by atoms with E-state index in [0.717, 1.165) is 25.7 Å². The number of amides is 1. The van der Waals surface area contributed by atoms with Crippen LogP contribution < -0.4 is 10.5 Å². The van der Waals surface area contributed by atoms with Crippen molar-refractivity contribution in [1.29, 1.82) is 0 Å². The number of sulfonamides is 1. The van der Waals surface area contributed by atoms with Crippen molar-refractivity contribution in [3.8, 4) is 0 Å². The molecule has 4 aliphatic rings. The number of hydrogen-bond acceptors (Lipinski definition) is 8. The summed E-state index contributed by atoms with van der Waals surface area (Å²) >= 11 is 0. The van der Waals surface area contributed by atoms with E-state index in [0.29, 0.717) is 31.1 Å². The summed E-state index contributed by atoms with van der Waals surface area (Å²) in [6.07, 6.45) is 7.51. The molecule has 0 heterocycles. The van der Waals surface area contributed by atoms with Crippen LogP contribution in [-0.4, -0.2) is 51.3 Å². The fraction of sp³-hybridized carbons (Fsp3) is 0.815. The molecule has 0 bridgehead atoms. The summed E-state index contributed by atoms with van der Waals surface area (Å²) in [5, 5.41) is -0.371. The van der Waals surface area contributed by atoms with Gasteiger partial charge in [-0.1, -0.05) is 47.6 Å². The molecule has 0 unspecified atom stereocenters. The molecule has 0 saturated heterocycles. The summed E-state index contributed by atoms with van der Waals surface area (Å²) < 4.78 is 34.4. The van der Waals surface area contributed by atoms with Crippen LogP contribution in [0, 0.1) is 28.6 Å². The smallest absolute Gasteiger partial charge is 0.312 e. The maximum absolute atomic E-state index is 11.6. The normalized spacial score (nSPS) is 33.3. The van der Waals surface area contributed by atoms with Gasteiger partial charge in [-0.3, -0.25) is 19.1 Å². The molecular weight excluding hydrogens is 532 g/mol. The van der Waals surface area contributed by atoms with Crippen molar-refractivity contribution in [2.45, 2.75) is 98.3 Å². The van der Waals surface area contributed by atoms with E-state index in [9.17, 15) is 22.8 Å². The van der Waals surface area contributed by atoms with Gasteiger partial charge in [-0.15, -0.1) is 19.0 Å². The molecule has 1 amide bonds. The molecule has 3 N–H and O–H groups in total. The van der Waals surface area contributed by atoms with Crippen molar-refractivity contribution in [3.05, 3.63) is 12.7 Å². The van der Waals surface area contributed by atoms with Gasteiger partial charge in [0.15, 0.2) is 0 Å². The Labute approximate surface area is 236 Å². The van der Waals surface area contributed by atoms with Crippen molar-refractivity contribution in [2.75, 3.05) is 14.2 Å². The Morgan fingerprint density at radius 2 is 1.42 bits per heavy atom. The SMILES string of the molecule is C.C.C=C[C@@H]1C[C@]1(C)C(=O)OC.CC[C@@H]1C[C@]1(C)C(=O)OC.CC[C@@H]1C[C@]1(N)C(=O)NS(=O)(=O)C1CC1.Cl. The van der Waals surface area contributed by atoms with E-state index in [1.165, 1.54) is 14.2 Å². The molecule has 11 heteroatoms. The minimum Gasteiger partial charge on any atom is -0.469 e. The molecule has 38 heavy (non-hydrogen) atoms. The van der Waals surface area contributed by atoms with Crippen LogP contribution in [0.1, 0.15) is 87.5 Å². The molecule has 0 aromatic heterocycles. The highest BCUT2D eigenvalue weighted by Gasteiger charge is 2.57. The average molecular weight is 583 g/mol. The van der Waals surface area contributed by atoms with Gasteiger partial charge in [0.05, 0.1) is 35.8 Å². The van der Waals surface area contributed by atoms with E-state index >= 15 is 0 Å². The van der Waals surface area contributed by atoms with Gasteiger partial charge in [0.2, 0.25) is 10.0 Å². The standard InChI is InChI=1S/C9H16N2O3S.C8H14O2.C8H12O2.2CH4.ClH/c1-2-6-5-9(6,10)8(12)11-15(13,14)7-3-4-7;2*1-4-6-5-8(6,2)7(9)10-3;;;/h6-7H,2-5,10H2,1H3,(H,11,12);6H,4-5H2,1-3H3;4,6H,1,5H2,2-3H3;2*1H4;1H/t6-,9-;2*6-,8+;;;/m111.../s1. The number of hydrogen-bond donors (Lipinski definition) is 2. The minimum absolute atomic E-state index is 0. The van der Waals surface area contributed by atoms with E-state index in [4.69, 9.17) is 5.73 Å². The van der Waals surface area contributed by atoms with Crippen molar-refractivity contribution in [2.24, 2.45) is 34.3 Å². The molecule has 9 nitrogen and oxygen atoms in total. The number of rotatable bonds is 8. The van der Waals surface area contributed by atoms with Crippen LogP contribution in [0.4, 0.5) is 0 Å². The third-order valence-corrected chi connectivity index (χ3v) is 9.88. The maximum atomic E-state index is 11.6. The highest BCUT2D eigenvalue weighted by molar-refractivity contribution is 7.91. The molecule has 6 atom stereocenters. The molecule has 0 radical (unpaired) electrons. The number of allylic oxidation sites excluding steroid dienone is 1. The zero-order valence-electron chi connectivity index (χ0n) is 22.3. The zero-order valence-corrected chi connectivity index (χ0v) is 23.9. The van der Waals surface area contributed by atoms with Gasteiger partial charge in [-0.05, 0) is 63.7 Å². The molecular formula is C27H51ClN2O7S. The van der Waals surface area contributed by atoms with Crippen LogP contribution in [0.15, 0.2) is 12.7 Å². The lowest BCUT2D eigenvalue weighted by Gasteiger charge is -2.11. The van der Waals surface area contributed by atoms with Gasteiger partial charge < -0.3 is 15.2 Å². The summed E-state index contributed by atoms with van der Waals surface area (Å²) in [7, 11) is -0.561. The summed E-state index contributed by atoms with van der Waals surface area (Å²) in [6.45, 7) is 11.6. The van der Waals surface area contributed by atoms with Gasteiger partial charge in [0.25, 0.3) is 5.91 Å². The number of carbonyl (C=O) groups is 3. The Hall–Kier alpha value is -1.65. The molecule has 4 aliphatic carbocycles. The minimum atomic E-state index is -3.44. The first-order chi connectivity index (χ1) is 16.2.